The Morgan fingerprint density at radius 3 is 2.62 bits per heavy atom. The highest BCUT2D eigenvalue weighted by atomic mass is 16.5. The van der Waals surface area contributed by atoms with E-state index in [0.29, 0.717) is 5.92 Å². The summed E-state index contributed by atoms with van der Waals surface area (Å²) in [7, 11) is 3.35. The Balaban J connectivity index is 2.19. The van der Waals surface area contributed by atoms with Crippen LogP contribution in [0.4, 0.5) is 5.69 Å². The fourth-order valence-electron chi connectivity index (χ4n) is 2.56. The monoisotopic (exact) mass is 286 g/mol. The van der Waals surface area contributed by atoms with Crippen molar-refractivity contribution in [1.29, 1.82) is 0 Å². The van der Waals surface area contributed by atoms with E-state index in [4.69, 9.17) is 14.5 Å². The highest BCUT2D eigenvalue weighted by Gasteiger charge is 2.26. The second-order valence-electron chi connectivity index (χ2n) is 5.52. The molecule has 0 bridgehead atoms. The molecule has 0 unspecified atom stereocenters. The largest absolute Gasteiger partial charge is 0.497 e. The number of nitrogens with zero attached hydrogens (tertiary/aromatic N) is 1. The number of aromatic nitrogens is 1. The molecule has 0 aliphatic heterocycles. The SMILES string of the molecule is CCCNc1cc(C2CC2)nc2c(OC)cc(OC)cc12. The summed E-state index contributed by atoms with van der Waals surface area (Å²) in [5.41, 5.74) is 3.21. The standard InChI is InChI=1S/C17H22N2O2/c1-4-7-18-15-10-14(11-5-6-11)19-17-13(15)8-12(20-2)9-16(17)21-3/h8-11H,4-7H2,1-3H3,(H,18,19). The van der Waals surface area contributed by atoms with Gasteiger partial charge in [0.1, 0.15) is 17.0 Å². The number of pyridine rings is 1. The summed E-state index contributed by atoms with van der Waals surface area (Å²) < 4.78 is 10.9. The van der Waals surface area contributed by atoms with E-state index in [1.54, 1.807) is 14.2 Å². The average molecular weight is 286 g/mol. The first-order valence-corrected chi connectivity index (χ1v) is 7.57. The van der Waals surface area contributed by atoms with Gasteiger partial charge < -0.3 is 14.8 Å². The van der Waals surface area contributed by atoms with Crippen molar-refractivity contribution in [1.82, 2.24) is 4.98 Å². The lowest BCUT2D eigenvalue weighted by atomic mass is 10.1. The van der Waals surface area contributed by atoms with Gasteiger partial charge in [0.25, 0.3) is 0 Å². The molecule has 0 saturated heterocycles. The summed E-state index contributed by atoms with van der Waals surface area (Å²) in [6.07, 6.45) is 3.57. The Kier molecular flexibility index (Phi) is 3.86. The minimum atomic E-state index is 0.614. The number of anilines is 1. The van der Waals surface area contributed by atoms with Crippen molar-refractivity contribution < 1.29 is 9.47 Å². The fourth-order valence-corrected chi connectivity index (χ4v) is 2.56. The van der Waals surface area contributed by atoms with Crippen LogP contribution < -0.4 is 14.8 Å². The lowest BCUT2D eigenvalue weighted by molar-refractivity contribution is 0.397. The van der Waals surface area contributed by atoms with Gasteiger partial charge in [0.2, 0.25) is 0 Å². The summed E-state index contributed by atoms with van der Waals surface area (Å²) in [5, 5.41) is 4.57. The number of benzene rings is 1. The van der Waals surface area contributed by atoms with Crippen LogP contribution in [0.5, 0.6) is 11.5 Å². The van der Waals surface area contributed by atoms with E-state index >= 15 is 0 Å². The minimum absolute atomic E-state index is 0.614. The zero-order valence-electron chi connectivity index (χ0n) is 12.9. The molecule has 0 amide bonds. The summed E-state index contributed by atoms with van der Waals surface area (Å²) >= 11 is 0. The number of hydrogen-bond acceptors (Lipinski definition) is 4. The second kappa shape index (κ2) is 5.80. The molecular weight excluding hydrogens is 264 g/mol. The Morgan fingerprint density at radius 2 is 2.00 bits per heavy atom. The molecular formula is C17H22N2O2. The molecule has 0 radical (unpaired) electrons. The highest BCUT2D eigenvalue weighted by Crippen LogP contribution is 2.43. The molecule has 0 spiro atoms. The van der Waals surface area contributed by atoms with Gasteiger partial charge in [-0.3, -0.25) is 0 Å². The van der Waals surface area contributed by atoms with E-state index < -0.39 is 0 Å². The predicted octanol–water partition coefficient (Wildman–Crippen LogP) is 3.95. The molecule has 3 rings (SSSR count). The van der Waals surface area contributed by atoms with Crippen molar-refractivity contribution in [2.75, 3.05) is 26.1 Å². The molecule has 1 fully saturated rings. The molecule has 112 valence electrons. The number of ether oxygens (including phenoxy) is 2. The quantitative estimate of drug-likeness (QED) is 0.873. The first-order valence-electron chi connectivity index (χ1n) is 7.57. The fraction of sp³-hybridized carbons (Fsp3) is 0.471. The van der Waals surface area contributed by atoms with Crippen LogP contribution in [0.25, 0.3) is 10.9 Å². The molecule has 4 nitrogen and oxygen atoms in total. The van der Waals surface area contributed by atoms with Crippen molar-refractivity contribution in [3.63, 3.8) is 0 Å². The zero-order valence-corrected chi connectivity index (χ0v) is 12.9. The smallest absolute Gasteiger partial charge is 0.148 e. The summed E-state index contributed by atoms with van der Waals surface area (Å²) in [4.78, 5) is 4.83. The molecule has 1 aliphatic carbocycles. The Morgan fingerprint density at radius 1 is 1.19 bits per heavy atom. The van der Waals surface area contributed by atoms with Crippen LogP contribution in [0.1, 0.15) is 37.8 Å². The Bertz CT molecular complexity index is 651. The van der Waals surface area contributed by atoms with E-state index in [1.165, 1.54) is 18.5 Å². The van der Waals surface area contributed by atoms with Crippen LogP contribution in [-0.2, 0) is 0 Å². The minimum Gasteiger partial charge on any atom is -0.497 e. The van der Waals surface area contributed by atoms with Crippen LogP contribution in [0.15, 0.2) is 18.2 Å². The molecule has 1 heterocycles. The second-order valence-corrected chi connectivity index (χ2v) is 5.52. The van der Waals surface area contributed by atoms with Crippen molar-refractivity contribution in [3.8, 4) is 11.5 Å². The van der Waals surface area contributed by atoms with E-state index in [-0.39, 0.29) is 0 Å². The van der Waals surface area contributed by atoms with Gasteiger partial charge in [-0.25, -0.2) is 4.98 Å². The molecule has 1 aliphatic rings. The first-order chi connectivity index (χ1) is 10.3. The van der Waals surface area contributed by atoms with Gasteiger partial charge in [-0.05, 0) is 31.4 Å². The van der Waals surface area contributed by atoms with E-state index in [2.05, 4.69) is 18.3 Å². The lowest BCUT2D eigenvalue weighted by Crippen LogP contribution is -2.03. The molecule has 1 N–H and O–H groups in total. The maximum absolute atomic E-state index is 5.51. The summed E-state index contributed by atoms with van der Waals surface area (Å²) in [5.74, 6) is 2.18. The van der Waals surface area contributed by atoms with Gasteiger partial charge in [-0.15, -0.1) is 0 Å². The molecule has 1 aromatic carbocycles. The van der Waals surface area contributed by atoms with Gasteiger partial charge in [-0.2, -0.15) is 0 Å². The third kappa shape index (κ3) is 2.75. The summed E-state index contributed by atoms with van der Waals surface area (Å²) in [6.45, 7) is 3.11. The van der Waals surface area contributed by atoms with E-state index in [0.717, 1.165) is 41.1 Å². The Labute approximate surface area is 125 Å². The molecule has 0 atom stereocenters. The van der Waals surface area contributed by atoms with Gasteiger partial charge in [0.15, 0.2) is 0 Å². The average Bonchev–Trinajstić information content (AvgIpc) is 3.36. The van der Waals surface area contributed by atoms with Crippen molar-refractivity contribution in [2.24, 2.45) is 0 Å². The van der Waals surface area contributed by atoms with Gasteiger partial charge in [-0.1, -0.05) is 6.92 Å². The van der Waals surface area contributed by atoms with Crippen molar-refractivity contribution in [3.05, 3.63) is 23.9 Å². The Hall–Kier alpha value is -1.97. The third-order valence-electron chi connectivity index (χ3n) is 3.89. The van der Waals surface area contributed by atoms with Gasteiger partial charge >= 0.3 is 0 Å². The van der Waals surface area contributed by atoms with Crippen LogP contribution in [0.2, 0.25) is 0 Å². The summed E-state index contributed by atoms with van der Waals surface area (Å²) in [6, 6.07) is 6.11. The van der Waals surface area contributed by atoms with Crippen LogP contribution in [-0.4, -0.2) is 25.7 Å². The molecule has 2 aromatic rings. The maximum Gasteiger partial charge on any atom is 0.148 e. The number of nitrogens with one attached hydrogen (secondary N) is 1. The molecule has 1 saturated carbocycles. The number of rotatable bonds is 6. The number of methoxy groups -OCH3 is 2. The first kappa shape index (κ1) is 14.0. The number of hydrogen-bond donors (Lipinski definition) is 1. The third-order valence-corrected chi connectivity index (χ3v) is 3.89. The zero-order chi connectivity index (χ0) is 14.8. The maximum atomic E-state index is 5.51. The van der Waals surface area contributed by atoms with Gasteiger partial charge in [0, 0.05) is 35.3 Å². The molecule has 21 heavy (non-hydrogen) atoms. The van der Waals surface area contributed by atoms with Gasteiger partial charge in [0.05, 0.1) is 14.2 Å². The topological polar surface area (TPSA) is 43.4 Å². The predicted molar refractivity (Wildman–Crippen MR) is 85.6 cm³/mol. The van der Waals surface area contributed by atoms with Crippen molar-refractivity contribution in [2.45, 2.75) is 32.1 Å². The van der Waals surface area contributed by atoms with E-state index in [9.17, 15) is 0 Å². The van der Waals surface area contributed by atoms with Crippen LogP contribution >= 0.6 is 0 Å². The number of fused-ring (bicyclic) bond motifs is 1. The lowest BCUT2D eigenvalue weighted by Gasteiger charge is -2.14. The van der Waals surface area contributed by atoms with E-state index in [1.807, 2.05) is 12.1 Å². The van der Waals surface area contributed by atoms with Crippen molar-refractivity contribution >= 4 is 16.6 Å². The van der Waals surface area contributed by atoms with Crippen LogP contribution in [0, 0.1) is 0 Å². The normalized spacial score (nSPS) is 14.2. The molecule has 4 heteroatoms. The molecule has 1 aromatic heterocycles. The highest BCUT2D eigenvalue weighted by molar-refractivity contribution is 5.96. The van der Waals surface area contributed by atoms with Crippen LogP contribution in [0.3, 0.4) is 0 Å².